The largest absolute Gasteiger partial charge is 0.374 e. The predicted octanol–water partition coefficient (Wildman–Crippen LogP) is 1.54. The van der Waals surface area contributed by atoms with Gasteiger partial charge in [-0.1, -0.05) is 26.8 Å². The van der Waals surface area contributed by atoms with Gasteiger partial charge in [0, 0.05) is 45.7 Å². The molecule has 2 N–H and O–H groups in total. The van der Waals surface area contributed by atoms with Gasteiger partial charge in [-0.25, -0.2) is 0 Å². The number of aryl methyl sites for hydroxylation is 1. The fourth-order valence-corrected chi connectivity index (χ4v) is 3.14. The molecule has 0 radical (unpaired) electrons. The standard InChI is InChI=1S/C19H35N7O.HI/c1-5-7-20-19(21-8-9-26-15-23-24-18(26)6-2)22-12-17-14-25(10-11-27-17)13-16(3)4;/h5,15-17H,1,6-14H2,2-4H3,(H2,20,21,22);1H. The number of halogens is 1. The van der Waals surface area contributed by atoms with Gasteiger partial charge in [0.15, 0.2) is 5.96 Å². The normalized spacial score (nSPS) is 18.0. The molecule has 1 aliphatic rings. The zero-order chi connectivity index (χ0) is 19.5. The SMILES string of the molecule is C=CCNC(=NCC1CN(CC(C)C)CCO1)NCCn1cnnc1CC.I. The summed E-state index contributed by atoms with van der Waals surface area (Å²) < 4.78 is 7.95. The van der Waals surface area contributed by atoms with E-state index in [4.69, 9.17) is 9.73 Å². The first-order valence-electron chi connectivity index (χ1n) is 9.96. The molecular formula is C19H36IN7O. The summed E-state index contributed by atoms with van der Waals surface area (Å²) in [5.74, 6) is 2.45. The van der Waals surface area contributed by atoms with E-state index in [0.29, 0.717) is 19.0 Å². The summed E-state index contributed by atoms with van der Waals surface area (Å²) in [4.78, 5) is 7.18. The van der Waals surface area contributed by atoms with Crippen molar-refractivity contribution in [3.05, 3.63) is 24.8 Å². The molecule has 1 aromatic heterocycles. The molecular weight excluding hydrogens is 469 g/mol. The smallest absolute Gasteiger partial charge is 0.191 e. The number of hydrogen-bond donors (Lipinski definition) is 2. The maximum atomic E-state index is 5.89. The monoisotopic (exact) mass is 505 g/mol. The van der Waals surface area contributed by atoms with E-state index in [1.54, 1.807) is 6.33 Å². The van der Waals surface area contributed by atoms with E-state index in [9.17, 15) is 0 Å². The molecule has 9 heteroatoms. The van der Waals surface area contributed by atoms with Crippen LogP contribution < -0.4 is 10.6 Å². The van der Waals surface area contributed by atoms with Crippen molar-refractivity contribution >= 4 is 29.9 Å². The molecule has 0 aromatic carbocycles. The van der Waals surface area contributed by atoms with Crippen LogP contribution in [0.15, 0.2) is 24.0 Å². The second-order valence-corrected chi connectivity index (χ2v) is 7.23. The van der Waals surface area contributed by atoms with Crippen molar-refractivity contribution in [2.24, 2.45) is 10.9 Å². The van der Waals surface area contributed by atoms with Gasteiger partial charge in [-0.3, -0.25) is 9.89 Å². The Bertz CT molecular complexity index is 591. The van der Waals surface area contributed by atoms with E-state index in [-0.39, 0.29) is 30.1 Å². The third-order valence-electron chi connectivity index (χ3n) is 4.37. The van der Waals surface area contributed by atoms with Gasteiger partial charge in [-0.2, -0.15) is 0 Å². The van der Waals surface area contributed by atoms with Gasteiger partial charge in [-0.05, 0) is 5.92 Å². The maximum Gasteiger partial charge on any atom is 0.191 e. The Morgan fingerprint density at radius 2 is 2.29 bits per heavy atom. The lowest BCUT2D eigenvalue weighted by atomic mass is 10.2. The maximum absolute atomic E-state index is 5.89. The van der Waals surface area contributed by atoms with Gasteiger partial charge in [-0.15, -0.1) is 40.8 Å². The minimum Gasteiger partial charge on any atom is -0.374 e. The van der Waals surface area contributed by atoms with E-state index in [0.717, 1.165) is 57.5 Å². The first kappa shape index (κ1) is 24.8. The number of rotatable bonds is 10. The highest BCUT2D eigenvalue weighted by Crippen LogP contribution is 2.08. The predicted molar refractivity (Wildman–Crippen MR) is 124 cm³/mol. The van der Waals surface area contributed by atoms with E-state index in [1.165, 1.54) is 0 Å². The number of aromatic nitrogens is 3. The van der Waals surface area contributed by atoms with Crippen LogP contribution in [-0.2, 0) is 17.7 Å². The molecule has 0 aliphatic carbocycles. The number of aliphatic imine (C=N–C) groups is 1. The molecule has 1 aliphatic heterocycles. The molecule has 1 atom stereocenters. The molecule has 1 fully saturated rings. The van der Waals surface area contributed by atoms with Gasteiger partial charge in [0.2, 0.25) is 0 Å². The molecule has 0 amide bonds. The minimum atomic E-state index is 0. The number of guanidine groups is 1. The Hall–Kier alpha value is -1.20. The fourth-order valence-electron chi connectivity index (χ4n) is 3.14. The molecule has 160 valence electrons. The number of nitrogens with zero attached hydrogens (tertiary/aromatic N) is 5. The van der Waals surface area contributed by atoms with E-state index < -0.39 is 0 Å². The first-order chi connectivity index (χ1) is 13.1. The molecule has 2 rings (SSSR count). The molecule has 0 bridgehead atoms. The van der Waals surface area contributed by atoms with E-state index in [1.807, 2.05) is 6.08 Å². The average molecular weight is 505 g/mol. The summed E-state index contributed by atoms with van der Waals surface area (Å²) in [6, 6.07) is 0. The lowest BCUT2D eigenvalue weighted by Crippen LogP contribution is -2.46. The second-order valence-electron chi connectivity index (χ2n) is 7.23. The van der Waals surface area contributed by atoms with Gasteiger partial charge in [0.05, 0.1) is 19.3 Å². The third-order valence-corrected chi connectivity index (χ3v) is 4.37. The van der Waals surface area contributed by atoms with Crippen LogP contribution in [0.4, 0.5) is 0 Å². The molecule has 28 heavy (non-hydrogen) atoms. The fraction of sp³-hybridized carbons (Fsp3) is 0.737. The van der Waals surface area contributed by atoms with Gasteiger partial charge >= 0.3 is 0 Å². The third kappa shape index (κ3) is 8.87. The number of ether oxygens (including phenoxy) is 1. The quantitative estimate of drug-likeness (QED) is 0.218. The highest BCUT2D eigenvalue weighted by molar-refractivity contribution is 14.0. The summed E-state index contributed by atoms with van der Waals surface area (Å²) in [5, 5.41) is 14.7. The zero-order valence-electron chi connectivity index (χ0n) is 17.4. The van der Waals surface area contributed by atoms with Crippen molar-refractivity contribution in [1.29, 1.82) is 0 Å². The van der Waals surface area contributed by atoms with Crippen molar-refractivity contribution < 1.29 is 4.74 Å². The van der Waals surface area contributed by atoms with Crippen molar-refractivity contribution in [3.63, 3.8) is 0 Å². The first-order valence-corrected chi connectivity index (χ1v) is 9.96. The summed E-state index contributed by atoms with van der Waals surface area (Å²) in [6.07, 6.45) is 4.62. The Labute approximate surface area is 186 Å². The van der Waals surface area contributed by atoms with Gasteiger partial charge in [0.25, 0.3) is 0 Å². The molecule has 2 heterocycles. The Morgan fingerprint density at radius 1 is 1.46 bits per heavy atom. The van der Waals surface area contributed by atoms with Crippen molar-refractivity contribution in [2.45, 2.75) is 39.8 Å². The highest BCUT2D eigenvalue weighted by Gasteiger charge is 2.20. The molecule has 1 aromatic rings. The molecule has 1 unspecified atom stereocenters. The lowest BCUT2D eigenvalue weighted by molar-refractivity contribution is -0.0261. The van der Waals surface area contributed by atoms with Crippen molar-refractivity contribution in [1.82, 2.24) is 30.3 Å². The van der Waals surface area contributed by atoms with Crippen LogP contribution >= 0.6 is 24.0 Å². The molecule has 1 saturated heterocycles. The molecule has 0 saturated carbocycles. The van der Waals surface area contributed by atoms with Crippen LogP contribution in [0.5, 0.6) is 0 Å². The lowest BCUT2D eigenvalue weighted by Gasteiger charge is -2.33. The van der Waals surface area contributed by atoms with Crippen LogP contribution in [0.3, 0.4) is 0 Å². The summed E-state index contributed by atoms with van der Waals surface area (Å²) >= 11 is 0. The Kier molecular flexibility index (Phi) is 12.3. The highest BCUT2D eigenvalue weighted by atomic mass is 127. The number of nitrogens with one attached hydrogen (secondary N) is 2. The van der Waals surface area contributed by atoms with Crippen LogP contribution in [-0.4, -0.2) is 77.6 Å². The minimum absolute atomic E-state index is 0. The summed E-state index contributed by atoms with van der Waals surface area (Å²) in [6.45, 7) is 17.1. The van der Waals surface area contributed by atoms with Crippen LogP contribution in [0.2, 0.25) is 0 Å². The van der Waals surface area contributed by atoms with E-state index >= 15 is 0 Å². The summed E-state index contributed by atoms with van der Waals surface area (Å²) in [7, 11) is 0. The van der Waals surface area contributed by atoms with Crippen LogP contribution in [0.25, 0.3) is 0 Å². The zero-order valence-corrected chi connectivity index (χ0v) is 19.8. The molecule has 0 spiro atoms. The van der Waals surface area contributed by atoms with Gasteiger partial charge < -0.3 is 19.9 Å². The van der Waals surface area contributed by atoms with Gasteiger partial charge in [0.1, 0.15) is 12.2 Å². The van der Waals surface area contributed by atoms with E-state index in [2.05, 4.69) is 57.6 Å². The second kappa shape index (κ2) is 13.9. The van der Waals surface area contributed by atoms with Crippen molar-refractivity contribution in [3.8, 4) is 0 Å². The average Bonchev–Trinajstić information content (AvgIpc) is 3.10. The summed E-state index contributed by atoms with van der Waals surface area (Å²) in [5.41, 5.74) is 0. The number of morpholine rings is 1. The van der Waals surface area contributed by atoms with Crippen LogP contribution in [0.1, 0.15) is 26.6 Å². The topological polar surface area (TPSA) is 79.6 Å². The van der Waals surface area contributed by atoms with Crippen molar-refractivity contribution in [2.75, 3.05) is 45.9 Å². The Balaban J connectivity index is 0.00000392. The number of hydrogen-bond acceptors (Lipinski definition) is 5. The molecule has 8 nitrogen and oxygen atoms in total. The Morgan fingerprint density at radius 3 is 3.00 bits per heavy atom. The van der Waals surface area contributed by atoms with Crippen LogP contribution in [0, 0.1) is 5.92 Å².